The molecule has 0 bridgehead atoms. The fourth-order valence-corrected chi connectivity index (χ4v) is 3.54. The van der Waals surface area contributed by atoms with Crippen LogP contribution in [-0.4, -0.2) is 28.7 Å². The lowest BCUT2D eigenvalue weighted by Gasteiger charge is -2.29. The first-order valence-electron chi connectivity index (χ1n) is 9.94. The summed E-state index contributed by atoms with van der Waals surface area (Å²) in [6.07, 6.45) is 8.73. The molecule has 6 heteroatoms. The second-order valence-electron chi connectivity index (χ2n) is 7.27. The number of hydrogen-bond donors (Lipinski definition) is 2. The van der Waals surface area contributed by atoms with Gasteiger partial charge in [-0.05, 0) is 50.2 Å². The Morgan fingerprint density at radius 3 is 2.62 bits per heavy atom. The number of carbonyl (C=O) groups excluding carboxylic acids is 1. The largest absolute Gasteiger partial charge is 0.367 e. The summed E-state index contributed by atoms with van der Waals surface area (Å²) in [6.45, 7) is 5.02. The van der Waals surface area contributed by atoms with E-state index in [1.165, 1.54) is 19.3 Å². The summed E-state index contributed by atoms with van der Waals surface area (Å²) in [5.41, 5.74) is 0.300. The second-order valence-corrected chi connectivity index (χ2v) is 7.27. The third kappa shape index (κ3) is 6.29. The number of amides is 1. The molecule has 1 aromatic heterocycles. The van der Waals surface area contributed by atoms with Crippen molar-refractivity contribution in [2.75, 3.05) is 11.9 Å². The molecular formula is C20H31N5O. The van der Waals surface area contributed by atoms with Gasteiger partial charge in [0.05, 0.1) is 0 Å². The molecule has 1 atom stereocenters. The van der Waals surface area contributed by atoms with Crippen LogP contribution in [0.1, 0.15) is 70.9 Å². The highest BCUT2D eigenvalue weighted by Gasteiger charge is 2.26. The lowest BCUT2D eigenvalue weighted by Crippen LogP contribution is -2.43. The van der Waals surface area contributed by atoms with Crippen LogP contribution in [0.4, 0.5) is 5.82 Å². The summed E-state index contributed by atoms with van der Waals surface area (Å²) in [5.74, 6) is 1.79. The van der Waals surface area contributed by atoms with Gasteiger partial charge in [0.15, 0.2) is 5.69 Å². The molecule has 26 heavy (non-hydrogen) atoms. The summed E-state index contributed by atoms with van der Waals surface area (Å²) in [7, 11) is 0. The third-order valence-electron chi connectivity index (χ3n) is 5.36. The summed E-state index contributed by atoms with van der Waals surface area (Å²) < 4.78 is 0. The molecule has 1 amide bonds. The van der Waals surface area contributed by atoms with Gasteiger partial charge >= 0.3 is 0 Å². The first-order chi connectivity index (χ1) is 12.7. The van der Waals surface area contributed by atoms with Gasteiger partial charge in [-0.25, -0.2) is 0 Å². The van der Waals surface area contributed by atoms with E-state index in [9.17, 15) is 4.79 Å². The number of nitriles is 1. The summed E-state index contributed by atoms with van der Waals surface area (Å²) in [6, 6.07) is 5.43. The lowest BCUT2D eigenvalue weighted by molar-refractivity contribution is -0.126. The number of aromatic nitrogens is 2. The molecule has 142 valence electrons. The summed E-state index contributed by atoms with van der Waals surface area (Å²) >= 11 is 0. The Morgan fingerprint density at radius 2 is 2.04 bits per heavy atom. The number of unbranched alkanes of at least 4 members (excludes halogenated alkanes) is 1. The van der Waals surface area contributed by atoms with Crippen molar-refractivity contribution in [3.63, 3.8) is 0 Å². The maximum absolute atomic E-state index is 12.7. The Labute approximate surface area is 156 Å². The highest BCUT2D eigenvalue weighted by Crippen LogP contribution is 2.30. The van der Waals surface area contributed by atoms with E-state index in [0.29, 0.717) is 18.1 Å². The molecule has 1 aliphatic carbocycles. The van der Waals surface area contributed by atoms with Gasteiger partial charge < -0.3 is 10.6 Å². The van der Waals surface area contributed by atoms with Gasteiger partial charge in [0.1, 0.15) is 11.9 Å². The molecular weight excluding hydrogens is 326 g/mol. The lowest BCUT2D eigenvalue weighted by atomic mass is 9.80. The minimum Gasteiger partial charge on any atom is -0.367 e. The normalized spacial score (nSPS) is 20.8. The molecule has 0 saturated heterocycles. The van der Waals surface area contributed by atoms with E-state index in [1.807, 2.05) is 6.07 Å². The summed E-state index contributed by atoms with van der Waals surface area (Å²) in [4.78, 5) is 12.7. The quantitative estimate of drug-likeness (QED) is 0.704. The molecule has 6 nitrogen and oxygen atoms in total. The van der Waals surface area contributed by atoms with Gasteiger partial charge in [-0.1, -0.05) is 33.1 Å². The number of hydrogen-bond acceptors (Lipinski definition) is 5. The van der Waals surface area contributed by atoms with Crippen LogP contribution in [-0.2, 0) is 4.79 Å². The number of carbonyl (C=O) groups is 1. The van der Waals surface area contributed by atoms with Crippen LogP contribution in [0.15, 0.2) is 12.1 Å². The highest BCUT2D eigenvalue weighted by molar-refractivity contribution is 5.79. The summed E-state index contributed by atoms with van der Waals surface area (Å²) in [5, 5.41) is 23.1. The zero-order chi connectivity index (χ0) is 18.8. The molecule has 2 N–H and O–H groups in total. The Kier molecular flexibility index (Phi) is 8.33. The van der Waals surface area contributed by atoms with Gasteiger partial charge in [0, 0.05) is 18.5 Å². The Morgan fingerprint density at radius 1 is 1.27 bits per heavy atom. The van der Waals surface area contributed by atoms with Crippen molar-refractivity contribution in [1.82, 2.24) is 15.5 Å². The van der Waals surface area contributed by atoms with Crippen LogP contribution in [0.5, 0.6) is 0 Å². The van der Waals surface area contributed by atoms with Crippen molar-refractivity contribution in [1.29, 1.82) is 5.26 Å². The van der Waals surface area contributed by atoms with E-state index in [1.54, 1.807) is 12.1 Å². The van der Waals surface area contributed by atoms with E-state index in [4.69, 9.17) is 5.26 Å². The number of rotatable bonds is 9. The van der Waals surface area contributed by atoms with Gasteiger partial charge in [0.25, 0.3) is 0 Å². The predicted molar refractivity (Wildman–Crippen MR) is 102 cm³/mol. The van der Waals surface area contributed by atoms with Crippen LogP contribution < -0.4 is 10.6 Å². The Balaban J connectivity index is 1.85. The predicted octanol–water partition coefficient (Wildman–Crippen LogP) is 3.65. The van der Waals surface area contributed by atoms with E-state index < -0.39 is 0 Å². The topological polar surface area (TPSA) is 90.7 Å². The van der Waals surface area contributed by atoms with E-state index >= 15 is 0 Å². The fraction of sp³-hybridized carbons (Fsp3) is 0.700. The SMILES string of the molecule is CCCCC(CNc1ccc(C#N)nn1)NC(=O)C1CCC(CC)CC1. The smallest absolute Gasteiger partial charge is 0.223 e. The van der Waals surface area contributed by atoms with Crippen LogP contribution in [0.2, 0.25) is 0 Å². The highest BCUT2D eigenvalue weighted by atomic mass is 16.1. The van der Waals surface area contributed by atoms with Crippen molar-refractivity contribution in [3.05, 3.63) is 17.8 Å². The third-order valence-corrected chi connectivity index (χ3v) is 5.36. The van der Waals surface area contributed by atoms with Gasteiger partial charge in [-0.3, -0.25) is 4.79 Å². The Hall–Kier alpha value is -2.16. The minimum atomic E-state index is 0.0868. The first kappa shape index (κ1) is 20.2. The van der Waals surface area contributed by atoms with Gasteiger partial charge in [0.2, 0.25) is 5.91 Å². The molecule has 1 fully saturated rings. The van der Waals surface area contributed by atoms with Crippen molar-refractivity contribution in [3.8, 4) is 6.07 Å². The molecule has 1 saturated carbocycles. The molecule has 0 spiro atoms. The van der Waals surface area contributed by atoms with E-state index in [2.05, 4.69) is 34.7 Å². The van der Waals surface area contributed by atoms with Crippen LogP contribution >= 0.6 is 0 Å². The molecule has 1 aliphatic rings. The fourth-order valence-electron chi connectivity index (χ4n) is 3.54. The van der Waals surface area contributed by atoms with Gasteiger partial charge in [-0.15, -0.1) is 10.2 Å². The molecule has 0 aromatic carbocycles. The van der Waals surface area contributed by atoms with Crippen molar-refractivity contribution < 1.29 is 4.79 Å². The zero-order valence-corrected chi connectivity index (χ0v) is 16.0. The van der Waals surface area contributed by atoms with Crippen molar-refractivity contribution in [2.24, 2.45) is 11.8 Å². The molecule has 2 rings (SSSR count). The molecule has 1 heterocycles. The van der Waals surface area contributed by atoms with Crippen LogP contribution in [0, 0.1) is 23.2 Å². The standard InChI is InChI=1S/C20H31N5O/c1-3-5-6-18(14-22-19-12-11-17(13-21)24-25-19)23-20(26)16-9-7-15(4-2)8-10-16/h11-12,15-16,18H,3-10,14H2,1-2H3,(H,22,25)(H,23,26). The monoisotopic (exact) mass is 357 g/mol. The van der Waals surface area contributed by atoms with Crippen LogP contribution in [0.25, 0.3) is 0 Å². The van der Waals surface area contributed by atoms with Gasteiger partial charge in [-0.2, -0.15) is 5.26 Å². The zero-order valence-electron chi connectivity index (χ0n) is 16.0. The molecule has 0 radical (unpaired) electrons. The minimum absolute atomic E-state index is 0.0868. The molecule has 1 aromatic rings. The average molecular weight is 358 g/mol. The van der Waals surface area contributed by atoms with Crippen LogP contribution in [0.3, 0.4) is 0 Å². The van der Waals surface area contributed by atoms with E-state index in [-0.39, 0.29) is 17.9 Å². The number of nitrogens with one attached hydrogen (secondary N) is 2. The van der Waals surface area contributed by atoms with Crippen molar-refractivity contribution >= 4 is 11.7 Å². The number of anilines is 1. The first-order valence-corrected chi connectivity index (χ1v) is 9.94. The van der Waals surface area contributed by atoms with Crippen molar-refractivity contribution in [2.45, 2.75) is 71.3 Å². The second kappa shape index (κ2) is 10.7. The average Bonchev–Trinajstić information content (AvgIpc) is 2.70. The molecule has 1 unspecified atom stereocenters. The maximum atomic E-state index is 12.7. The number of nitrogens with zero attached hydrogens (tertiary/aromatic N) is 3. The maximum Gasteiger partial charge on any atom is 0.223 e. The molecule has 0 aliphatic heterocycles. The van der Waals surface area contributed by atoms with E-state index in [0.717, 1.165) is 38.0 Å². The Bertz CT molecular complexity index is 587.